The summed E-state index contributed by atoms with van der Waals surface area (Å²) >= 11 is 0. The van der Waals surface area contributed by atoms with Crippen molar-refractivity contribution in [2.24, 2.45) is 0 Å². The second kappa shape index (κ2) is 3.01. The summed E-state index contributed by atoms with van der Waals surface area (Å²) in [6.07, 6.45) is 2.54. The number of aromatic nitrogens is 2. The Kier molecular flexibility index (Phi) is 2.06. The van der Waals surface area contributed by atoms with Gasteiger partial charge in [-0.2, -0.15) is 0 Å². The number of aryl methyl sites for hydroxylation is 1. The molecule has 0 aliphatic carbocycles. The molecular weight excluding hydrogens is 140 g/mol. The van der Waals surface area contributed by atoms with Crippen molar-refractivity contribution in [3.05, 3.63) is 23.8 Å². The van der Waals surface area contributed by atoms with Crippen molar-refractivity contribution in [1.82, 2.24) is 9.97 Å². The number of nitrogens with zero attached hydrogens (tertiary/aromatic N) is 2. The molecule has 0 saturated carbocycles. The van der Waals surface area contributed by atoms with E-state index in [0.29, 0.717) is 11.5 Å². The van der Waals surface area contributed by atoms with Gasteiger partial charge in [-0.1, -0.05) is 0 Å². The topological polar surface area (TPSA) is 73.5 Å². The zero-order chi connectivity index (χ0) is 8.27. The quantitative estimate of drug-likeness (QED) is 0.609. The molecule has 0 fully saturated rings. The molecule has 4 heteroatoms. The van der Waals surface area contributed by atoms with Gasteiger partial charge in [0, 0.05) is 12.4 Å². The summed E-state index contributed by atoms with van der Waals surface area (Å²) in [7, 11) is 0. The molecule has 0 bridgehead atoms. The number of hydrogen-bond donors (Lipinski definition) is 2. The van der Waals surface area contributed by atoms with Crippen LogP contribution in [0.5, 0.6) is 0 Å². The van der Waals surface area contributed by atoms with Crippen LogP contribution in [0.2, 0.25) is 0 Å². The van der Waals surface area contributed by atoms with Crippen LogP contribution in [0.4, 0.5) is 0 Å². The lowest BCUT2D eigenvalue weighted by molar-refractivity contribution is 1.04. The van der Waals surface area contributed by atoms with E-state index in [-0.39, 0.29) is 5.71 Å². The van der Waals surface area contributed by atoms with Gasteiger partial charge in [0.1, 0.15) is 5.82 Å². The minimum Gasteiger partial charge on any atom is -0.306 e. The van der Waals surface area contributed by atoms with Gasteiger partial charge in [-0.25, -0.2) is 9.97 Å². The van der Waals surface area contributed by atoms with E-state index in [0.717, 1.165) is 6.21 Å². The molecule has 0 amide bonds. The molecule has 11 heavy (non-hydrogen) atoms. The number of nitrogens with one attached hydrogen (secondary N) is 2. The van der Waals surface area contributed by atoms with Crippen LogP contribution in [0.1, 0.15) is 11.5 Å². The molecule has 0 atom stereocenters. The second-order valence-electron chi connectivity index (χ2n) is 2.05. The van der Waals surface area contributed by atoms with Crippen molar-refractivity contribution in [2.75, 3.05) is 0 Å². The summed E-state index contributed by atoms with van der Waals surface area (Å²) in [5.41, 5.74) is 0.600. The standard InChI is InChI=1S/C7H8N4/c1-5-10-3-2-7(11-5)6(9)4-8/h2-4,8-9H,1H3. The number of rotatable bonds is 2. The lowest BCUT2D eigenvalue weighted by Crippen LogP contribution is -2.04. The molecule has 1 rings (SSSR count). The minimum atomic E-state index is 0.107. The van der Waals surface area contributed by atoms with E-state index in [1.165, 1.54) is 0 Å². The van der Waals surface area contributed by atoms with Crippen molar-refractivity contribution < 1.29 is 0 Å². The van der Waals surface area contributed by atoms with Gasteiger partial charge >= 0.3 is 0 Å². The van der Waals surface area contributed by atoms with Gasteiger partial charge in [-0.3, -0.25) is 5.41 Å². The molecule has 0 unspecified atom stereocenters. The highest BCUT2D eigenvalue weighted by atomic mass is 14.9. The Balaban J connectivity index is 3.05. The SMILES string of the molecule is Cc1nccc(C(=N)C=N)n1. The molecular formula is C7H8N4. The van der Waals surface area contributed by atoms with Crippen LogP contribution in [0, 0.1) is 17.7 Å². The average Bonchev–Trinajstić information content (AvgIpc) is 2.03. The largest absolute Gasteiger partial charge is 0.306 e. The fraction of sp³-hybridized carbons (Fsp3) is 0.143. The maximum Gasteiger partial charge on any atom is 0.125 e. The Morgan fingerprint density at radius 2 is 2.36 bits per heavy atom. The fourth-order valence-corrected chi connectivity index (χ4v) is 0.680. The first-order valence-electron chi connectivity index (χ1n) is 3.13. The number of hydrogen-bond acceptors (Lipinski definition) is 4. The van der Waals surface area contributed by atoms with E-state index in [2.05, 4.69) is 9.97 Å². The summed E-state index contributed by atoms with van der Waals surface area (Å²) in [6.45, 7) is 1.75. The first kappa shape index (κ1) is 7.53. The third-order valence-corrected chi connectivity index (χ3v) is 1.20. The van der Waals surface area contributed by atoms with E-state index >= 15 is 0 Å². The van der Waals surface area contributed by atoms with Crippen LogP contribution in [0.15, 0.2) is 12.3 Å². The summed E-state index contributed by atoms with van der Waals surface area (Å²) in [5.74, 6) is 0.620. The fourth-order valence-electron chi connectivity index (χ4n) is 0.680. The molecule has 1 aromatic rings. The second-order valence-corrected chi connectivity index (χ2v) is 2.05. The summed E-state index contributed by atoms with van der Waals surface area (Å²) in [6, 6.07) is 1.61. The Hall–Kier alpha value is -1.58. The van der Waals surface area contributed by atoms with Crippen LogP contribution < -0.4 is 0 Å². The maximum absolute atomic E-state index is 7.24. The maximum atomic E-state index is 7.24. The molecule has 1 heterocycles. The first-order valence-corrected chi connectivity index (χ1v) is 3.13. The smallest absolute Gasteiger partial charge is 0.125 e. The van der Waals surface area contributed by atoms with Gasteiger partial charge in [0.25, 0.3) is 0 Å². The van der Waals surface area contributed by atoms with Crippen LogP contribution in [0.3, 0.4) is 0 Å². The van der Waals surface area contributed by atoms with Gasteiger partial charge in [0.05, 0.1) is 11.4 Å². The van der Waals surface area contributed by atoms with Gasteiger partial charge in [0.15, 0.2) is 0 Å². The van der Waals surface area contributed by atoms with Crippen LogP contribution in [0.25, 0.3) is 0 Å². The molecule has 0 aliphatic heterocycles. The van der Waals surface area contributed by atoms with Crippen molar-refractivity contribution in [2.45, 2.75) is 6.92 Å². The lowest BCUT2D eigenvalue weighted by Gasteiger charge is -1.95. The van der Waals surface area contributed by atoms with Crippen molar-refractivity contribution in [1.29, 1.82) is 10.8 Å². The Morgan fingerprint density at radius 3 is 2.91 bits per heavy atom. The van der Waals surface area contributed by atoms with E-state index in [4.69, 9.17) is 10.8 Å². The molecule has 0 radical (unpaired) electrons. The van der Waals surface area contributed by atoms with Gasteiger partial charge in [-0.15, -0.1) is 0 Å². The van der Waals surface area contributed by atoms with Crippen LogP contribution in [-0.2, 0) is 0 Å². The molecule has 0 spiro atoms. The molecule has 4 nitrogen and oxygen atoms in total. The summed E-state index contributed by atoms with van der Waals surface area (Å²) in [4.78, 5) is 7.83. The van der Waals surface area contributed by atoms with Crippen molar-refractivity contribution in [3.8, 4) is 0 Å². The van der Waals surface area contributed by atoms with Crippen molar-refractivity contribution in [3.63, 3.8) is 0 Å². The highest BCUT2D eigenvalue weighted by Gasteiger charge is 1.98. The zero-order valence-electron chi connectivity index (χ0n) is 6.13. The summed E-state index contributed by atoms with van der Waals surface area (Å²) < 4.78 is 0. The van der Waals surface area contributed by atoms with Crippen molar-refractivity contribution >= 4 is 11.9 Å². The lowest BCUT2D eigenvalue weighted by atomic mass is 10.3. The van der Waals surface area contributed by atoms with Gasteiger partial charge < -0.3 is 5.41 Å². The highest BCUT2D eigenvalue weighted by Crippen LogP contribution is 1.93. The van der Waals surface area contributed by atoms with E-state index in [1.807, 2.05) is 0 Å². The van der Waals surface area contributed by atoms with E-state index < -0.39 is 0 Å². The van der Waals surface area contributed by atoms with Gasteiger partial charge in [-0.05, 0) is 13.0 Å². The third kappa shape index (κ3) is 1.67. The first-order chi connectivity index (χ1) is 5.24. The monoisotopic (exact) mass is 148 g/mol. The van der Waals surface area contributed by atoms with E-state index in [9.17, 15) is 0 Å². The van der Waals surface area contributed by atoms with Crippen LogP contribution >= 0.6 is 0 Å². The zero-order valence-corrected chi connectivity index (χ0v) is 6.13. The third-order valence-electron chi connectivity index (χ3n) is 1.20. The predicted octanol–water partition coefficient (Wildman–Crippen LogP) is 0.802. The minimum absolute atomic E-state index is 0.107. The molecule has 2 N–H and O–H groups in total. The van der Waals surface area contributed by atoms with Crippen LogP contribution in [-0.4, -0.2) is 21.9 Å². The average molecular weight is 148 g/mol. The Morgan fingerprint density at radius 1 is 1.64 bits per heavy atom. The summed E-state index contributed by atoms with van der Waals surface area (Å²) in [5, 5.41) is 14.0. The molecule has 0 aromatic carbocycles. The normalized spacial score (nSPS) is 9.18. The molecule has 0 aliphatic rings. The highest BCUT2D eigenvalue weighted by molar-refractivity contribution is 6.35. The molecule has 1 aromatic heterocycles. The van der Waals surface area contributed by atoms with Gasteiger partial charge in [0.2, 0.25) is 0 Å². The predicted molar refractivity (Wildman–Crippen MR) is 42.4 cm³/mol. The Labute approximate surface area is 64.3 Å². The van der Waals surface area contributed by atoms with E-state index in [1.54, 1.807) is 19.2 Å². The Bertz CT molecular complexity index is 292. The molecule has 0 saturated heterocycles. The molecule has 56 valence electrons.